The van der Waals surface area contributed by atoms with Crippen LogP contribution in [0.4, 0.5) is 14.9 Å². The molecule has 0 saturated heterocycles. The summed E-state index contributed by atoms with van der Waals surface area (Å²) in [6.07, 6.45) is -1.29. The van der Waals surface area contributed by atoms with Crippen LogP contribution in [0, 0.1) is 28.3 Å². The minimum atomic E-state index is -1.29. The number of hydrogen-bond acceptors (Lipinski definition) is 4. The zero-order valence-electron chi connectivity index (χ0n) is 15.4. The monoisotopic (exact) mass is 376 g/mol. The van der Waals surface area contributed by atoms with Crippen LogP contribution in [0.25, 0.3) is 0 Å². The minimum absolute atomic E-state index is 0.186. The van der Waals surface area contributed by atoms with Crippen LogP contribution in [0.5, 0.6) is 11.5 Å². The van der Waals surface area contributed by atoms with Gasteiger partial charge in [-0.2, -0.15) is 0 Å². The van der Waals surface area contributed by atoms with Crippen molar-refractivity contribution >= 4 is 11.8 Å². The van der Waals surface area contributed by atoms with Crippen molar-refractivity contribution in [3.05, 3.63) is 63.5 Å². The number of hydrogen-bond donors (Lipinski definition) is 2. The molecule has 0 saturated carbocycles. The molecule has 1 atom stereocenters. The van der Waals surface area contributed by atoms with Crippen molar-refractivity contribution in [2.75, 3.05) is 0 Å². The van der Waals surface area contributed by atoms with Crippen molar-refractivity contribution in [3.63, 3.8) is 0 Å². The SMILES string of the molecule is Cc1cc(Oc2ccc([N+](=O)[O-])c(C(NC(=O)O)C(C)(C)C)c2)ccc1F. The Labute approximate surface area is 155 Å². The first-order chi connectivity index (χ1) is 12.5. The quantitative estimate of drug-likeness (QED) is 0.552. The number of nitrogens with zero attached hydrogens (tertiary/aromatic N) is 1. The van der Waals surface area contributed by atoms with Gasteiger partial charge < -0.3 is 15.2 Å². The number of benzene rings is 2. The highest BCUT2D eigenvalue weighted by molar-refractivity contribution is 5.66. The fourth-order valence-electron chi connectivity index (χ4n) is 2.69. The van der Waals surface area contributed by atoms with E-state index in [1.54, 1.807) is 27.7 Å². The number of halogens is 1. The largest absolute Gasteiger partial charge is 0.465 e. The van der Waals surface area contributed by atoms with Crippen LogP contribution in [0.15, 0.2) is 36.4 Å². The van der Waals surface area contributed by atoms with Gasteiger partial charge in [0.05, 0.1) is 16.5 Å². The number of ether oxygens (including phenoxy) is 1. The Morgan fingerprint density at radius 1 is 1.22 bits per heavy atom. The molecule has 2 aromatic carbocycles. The number of amides is 1. The highest BCUT2D eigenvalue weighted by atomic mass is 19.1. The molecule has 1 amide bonds. The van der Waals surface area contributed by atoms with Gasteiger partial charge in [0.1, 0.15) is 17.3 Å². The molecule has 0 aromatic heterocycles. The first kappa shape index (κ1) is 20.2. The Morgan fingerprint density at radius 3 is 2.33 bits per heavy atom. The average Bonchev–Trinajstić information content (AvgIpc) is 2.54. The summed E-state index contributed by atoms with van der Waals surface area (Å²) in [5, 5.41) is 22.9. The van der Waals surface area contributed by atoms with Crippen molar-refractivity contribution in [2.24, 2.45) is 5.41 Å². The van der Waals surface area contributed by atoms with E-state index in [1.165, 1.54) is 36.4 Å². The maximum Gasteiger partial charge on any atom is 0.405 e. The molecule has 0 heterocycles. The summed E-state index contributed by atoms with van der Waals surface area (Å²) in [5.74, 6) is 0.278. The molecule has 27 heavy (non-hydrogen) atoms. The van der Waals surface area contributed by atoms with Crippen LogP contribution in [-0.4, -0.2) is 16.1 Å². The van der Waals surface area contributed by atoms with Gasteiger partial charge in [-0.15, -0.1) is 0 Å². The van der Waals surface area contributed by atoms with Crippen molar-refractivity contribution in [3.8, 4) is 11.5 Å². The van der Waals surface area contributed by atoms with Crippen LogP contribution in [0.1, 0.15) is 37.9 Å². The number of nitro groups is 1. The van der Waals surface area contributed by atoms with E-state index in [0.717, 1.165) is 0 Å². The third-order valence-electron chi connectivity index (χ3n) is 4.01. The number of nitrogens with one attached hydrogen (secondary N) is 1. The molecular formula is C19H21FN2O5. The molecule has 7 nitrogen and oxygen atoms in total. The molecule has 0 aliphatic rings. The molecule has 0 radical (unpaired) electrons. The third kappa shape index (κ3) is 4.93. The zero-order chi connectivity index (χ0) is 20.4. The van der Waals surface area contributed by atoms with Gasteiger partial charge in [-0.05, 0) is 48.2 Å². The van der Waals surface area contributed by atoms with Crippen LogP contribution in [0.3, 0.4) is 0 Å². The lowest BCUT2D eigenvalue weighted by Crippen LogP contribution is -2.36. The maximum atomic E-state index is 13.4. The fourth-order valence-corrected chi connectivity index (χ4v) is 2.69. The predicted molar refractivity (Wildman–Crippen MR) is 97.7 cm³/mol. The molecule has 1 unspecified atom stereocenters. The first-order valence-corrected chi connectivity index (χ1v) is 8.21. The summed E-state index contributed by atoms with van der Waals surface area (Å²) in [6.45, 7) is 6.91. The molecule has 144 valence electrons. The molecule has 0 spiro atoms. The van der Waals surface area contributed by atoms with Gasteiger partial charge in [-0.3, -0.25) is 10.1 Å². The number of rotatable bonds is 5. The Bertz CT molecular complexity index is 877. The molecule has 0 fully saturated rings. The number of aryl methyl sites for hydroxylation is 1. The molecule has 0 aliphatic carbocycles. The van der Waals surface area contributed by atoms with E-state index in [1.807, 2.05) is 0 Å². The second-order valence-electron chi connectivity index (χ2n) is 7.24. The van der Waals surface area contributed by atoms with E-state index in [4.69, 9.17) is 9.84 Å². The van der Waals surface area contributed by atoms with Gasteiger partial charge in [0.2, 0.25) is 0 Å². The molecule has 0 bridgehead atoms. The third-order valence-corrected chi connectivity index (χ3v) is 4.01. The molecular weight excluding hydrogens is 355 g/mol. The summed E-state index contributed by atoms with van der Waals surface area (Å²) < 4.78 is 19.1. The van der Waals surface area contributed by atoms with Gasteiger partial charge >= 0.3 is 6.09 Å². The Kier molecular flexibility index (Phi) is 5.68. The van der Waals surface area contributed by atoms with Crippen molar-refractivity contribution in [1.82, 2.24) is 5.32 Å². The smallest absolute Gasteiger partial charge is 0.405 e. The van der Waals surface area contributed by atoms with Crippen LogP contribution in [0.2, 0.25) is 0 Å². The zero-order valence-corrected chi connectivity index (χ0v) is 15.4. The standard InChI is InChI=1S/C19H21FN2O5/c1-11-9-12(5-7-15(11)20)27-13-6-8-16(22(25)26)14(10-13)17(19(2,3)4)21-18(23)24/h5-10,17,21H,1-4H3,(H,23,24). The van der Waals surface area contributed by atoms with Gasteiger partial charge in [-0.1, -0.05) is 20.8 Å². The molecule has 2 aromatic rings. The summed E-state index contributed by atoms with van der Waals surface area (Å²) in [6, 6.07) is 7.50. The highest BCUT2D eigenvalue weighted by Crippen LogP contribution is 2.39. The van der Waals surface area contributed by atoms with Crippen molar-refractivity contribution in [1.29, 1.82) is 0 Å². The van der Waals surface area contributed by atoms with E-state index in [9.17, 15) is 19.3 Å². The summed E-state index contributed by atoms with van der Waals surface area (Å²) >= 11 is 0. The topological polar surface area (TPSA) is 102 Å². The van der Waals surface area contributed by atoms with Crippen LogP contribution in [-0.2, 0) is 0 Å². The van der Waals surface area contributed by atoms with Crippen LogP contribution < -0.4 is 10.1 Å². The summed E-state index contributed by atoms with van der Waals surface area (Å²) in [5.41, 5.74) is -0.263. The van der Waals surface area contributed by atoms with Gasteiger partial charge in [0.25, 0.3) is 5.69 Å². The van der Waals surface area contributed by atoms with E-state index in [-0.39, 0.29) is 22.8 Å². The second-order valence-corrected chi connectivity index (χ2v) is 7.24. The number of carboxylic acid groups (broad SMARTS) is 1. The Morgan fingerprint density at radius 2 is 1.81 bits per heavy atom. The van der Waals surface area contributed by atoms with Gasteiger partial charge in [0.15, 0.2) is 0 Å². The van der Waals surface area contributed by atoms with Gasteiger partial charge in [0, 0.05) is 6.07 Å². The number of carbonyl (C=O) groups is 1. The highest BCUT2D eigenvalue weighted by Gasteiger charge is 2.33. The lowest BCUT2D eigenvalue weighted by Gasteiger charge is -2.30. The molecule has 0 aliphatic heterocycles. The van der Waals surface area contributed by atoms with E-state index < -0.39 is 22.5 Å². The summed E-state index contributed by atoms with van der Waals surface area (Å²) in [4.78, 5) is 22.1. The molecule has 2 rings (SSSR count). The Hall–Kier alpha value is -3.16. The second kappa shape index (κ2) is 7.61. The first-order valence-electron chi connectivity index (χ1n) is 8.21. The van der Waals surface area contributed by atoms with Crippen molar-refractivity contribution < 1.29 is 24.0 Å². The fraction of sp³-hybridized carbons (Fsp3) is 0.316. The van der Waals surface area contributed by atoms with Gasteiger partial charge in [-0.25, -0.2) is 9.18 Å². The average molecular weight is 376 g/mol. The minimum Gasteiger partial charge on any atom is -0.465 e. The summed E-state index contributed by atoms with van der Waals surface area (Å²) in [7, 11) is 0. The van der Waals surface area contributed by atoms with Crippen LogP contribution >= 0.6 is 0 Å². The van der Waals surface area contributed by atoms with E-state index in [0.29, 0.717) is 11.3 Å². The lowest BCUT2D eigenvalue weighted by atomic mass is 9.81. The molecule has 8 heteroatoms. The van der Waals surface area contributed by atoms with E-state index >= 15 is 0 Å². The Balaban J connectivity index is 2.50. The predicted octanol–water partition coefficient (Wildman–Crippen LogP) is 5.19. The van der Waals surface area contributed by atoms with E-state index in [2.05, 4.69) is 5.32 Å². The number of nitro benzene ring substituents is 1. The maximum absolute atomic E-state index is 13.4. The molecule has 2 N–H and O–H groups in total. The lowest BCUT2D eigenvalue weighted by molar-refractivity contribution is -0.386. The normalized spacial score (nSPS) is 12.3. The van der Waals surface area contributed by atoms with Crippen molar-refractivity contribution in [2.45, 2.75) is 33.7 Å².